The average molecular weight is 532 g/mol. The first-order chi connectivity index (χ1) is 18.1. The molecule has 9 heteroatoms. The van der Waals surface area contributed by atoms with Crippen molar-refractivity contribution in [2.75, 3.05) is 0 Å². The zero-order valence-corrected chi connectivity index (χ0v) is 22.0. The maximum absolute atomic E-state index is 13.9. The van der Waals surface area contributed by atoms with Gasteiger partial charge in [0.15, 0.2) is 5.43 Å². The van der Waals surface area contributed by atoms with Crippen molar-refractivity contribution in [3.05, 3.63) is 70.4 Å². The minimum absolute atomic E-state index is 0.182. The van der Waals surface area contributed by atoms with E-state index in [0.29, 0.717) is 56.4 Å². The molecule has 2 heterocycles. The largest absolute Gasteiger partial charge is 0.490 e. The molecule has 7 nitrogen and oxygen atoms in total. The lowest BCUT2D eigenvalue weighted by atomic mass is 10.0. The molecular formula is C29H26FN3O4S. The van der Waals surface area contributed by atoms with E-state index in [1.807, 2.05) is 18.4 Å². The number of rotatable bonds is 7. The fourth-order valence-electron chi connectivity index (χ4n) is 4.85. The Balaban J connectivity index is 1.91. The molecule has 38 heavy (non-hydrogen) atoms. The van der Waals surface area contributed by atoms with E-state index in [4.69, 9.17) is 4.74 Å². The summed E-state index contributed by atoms with van der Waals surface area (Å²) in [5.41, 5.74) is 3.27. The van der Waals surface area contributed by atoms with Gasteiger partial charge in [-0.2, -0.15) is 13.7 Å². The van der Waals surface area contributed by atoms with Gasteiger partial charge in [-0.25, -0.2) is 0 Å². The Labute approximate surface area is 219 Å². The number of aryl methyl sites for hydroxylation is 1. The van der Waals surface area contributed by atoms with Crippen LogP contribution in [0.5, 0.6) is 5.75 Å². The molecule has 0 bridgehead atoms. The number of pyridine rings is 1. The van der Waals surface area contributed by atoms with Gasteiger partial charge >= 0.3 is 10.2 Å². The third-order valence-corrected chi connectivity index (χ3v) is 7.38. The number of ether oxygens (including phenoxy) is 1. The van der Waals surface area contributed by atoms with Crippen LogP contribution in [0.1, 0.15) is 39.2 Å². The lowest BCUT2D eigenvalue weighted by Crippen LogP contribution is -2.13. The monoisotopic (exact) mass is 531 g/mol. The van der Waals surface area contributed by atoms with Crippen molar-refractivity contribution in [3.8, 4) is 22.9 Å². The molecule has 3 aromatic carbocycles. The number of aromatic amines is 1. The van der Waals surface area contributed by atoms with Gasteiger partial charge in [-0.15, -0.1) is 3.89 Å². The van der Waals surface area contributed by atoms with Crippen LogP contribution in [0.3, 0.4) is 0 Å². The SMILES string of the molecule is CCCCn1c2cc(-c3cccc(S(=O)(=O)F)c3)c(OC(C)C)cc2c(=O)c2c3ccc(C#N)cc3[nH]c21. The summed E-state index contributed by atoms with van der Waals surface area (Å²) < 4.78 is 45.2. The molecule has 0 fully saturated rings. The Bertz CT molecular complexity index is 1930. The van der Waals surface area contributed by atoms with Crippen molar-refractivity contribution >= 4 is 43.1 Å². The lowest BCUT2D eigenvalue weighted by molar-refractivity contribution is 0.244. The molecule has 0 unspecified atom stereocenters. The summed E-state index contributed by atoms with van der Waals surface area (Å²) in [7, 11) is -4.91. The topological polar surface area (TPSA) is 105 Å². The fourth-order valence-corrected chi connectivity index (χ4v) is 5.36. The number of benzene rings is 3. The Morgan fingerprint density at radius 2 is 1.89 bits per heavy atom. The Morgan fingerprint density at radius 1 is 1.11 bits per heavy atom. The van der Waals surface area contributed by atoms with Crippen LogP contribution in [0.2, 0.25) is 0 Å². The maximum atomic E-state index is 13.9. The zero-order chi connectivity index (χ0) is 27.2. The van der Waals surface area contributed by atoms with Crippen LogP contribution in [-0.2, 0) is 16.8 Å². The van der Waals surface area contributed by atoms with E-state index in [2.05, 4.69) is 18.0 Å². The third-order valence-electron chi connectivity index (χ3n) is 6.56. The van der Waals surface area contributed by atoms with E-state index in [9.17, 15) is 22.4 Å². The van der Waals surface area contributed by atoms with Gasteiger partial charge in [0.25, 0.3) is 0 Å². The molecule has 0 amide bonds. The van der Waals surface area contributed by atoms with Crippen LogP contribution in [0, 0.1) is 11.3 Å². The molecule has 0 atom stereocenters. The number of hydrogen-bond acceptors (Lipinski definition) is 5. The summed E-state index contributed by atoms with van der Waals surface area (Å²) in [6.45, 7) is 6.40. The minimum atomic E-state index is -4.91. The molecule has 0 aliphatic carbocycles. The van der Waals surface area contributed by atoms with E-state index in [0.717, 1.165) is 18.2 Å². The molecule has 5 aromatic rings. The highest BCUT2D eigenvalue weighted by Gasteiger charge is 2.21. The van der Waals surface area contributed by atoms with Crippen molar-refractivity contribution in [1.82, 2.24) is 9.55 Å². The number of hydrogen-bond donors (Lipinski definition) is 1. The second-order valence-corrected chi connectivity index (χ2v) is 10.9. The highest BCUT2D eigenvalue weighted by atomic mass is 32.3. The van der Waals surface area contributed by atoms with Crippen molar-refractivity contribution in [2.45, 2.75) is 51.2 Å². The normalized spacial score (nSPS) is 12.0. The van der Waals surface area contributed by atoms with Crippen LogP contribution in [0.15, 0.2) is 64.3 Å². The van der Waals surface area contributed by atoms with Crippen LogP contribution in [0.25, 0.3) is 44.0 Å². The Morgan fingerprint density at radius 3 is 2.58 bits per heavy atom. The first kappa shape index (κ1) is 25.5. The summed E-state index contributed by atoms with van der Waals surface area (Å²) in [5.74, 6) is 0.394. The van der Waals surface area contributed by atoms with Gasteiger partial charge in [-0.3, -0.25) is 4.79 Å². The molecule has 0 saturated heterocycles. The number of nitrogens with one attached hydrogen (secondary N) is 1. The molecule has 5 rings (SSSR count). The Hall–Kier alpha value is -4.16. The minimum Gasteiger partial charge on any atom is -0.490 e. The number of fused-ring (bicyclic) bond motifs is 4. The van der Waals surface area contributed by atoms with Gasteiger partial charge in [0.05, 0.1) is 38.9 Å². The van der Waals surface area contributed by atoms with Crippen molar-refractivity contribution < 1.29 is 17.0 Å². The second kappa shape index (κ2) is 9.62. The average Bonchev–Trinajstić information content (AvgIpc) is 3.26. The van der Waals surface area contributed by atoms with Gasteiger partial charge in [-0.05, 0) is 62.2 Å². The predicted octanol–water partition coefficient (Wildman–Crippen LogP) is 6.42. The number of H-pyrrole nitrogens is 1. The Kier molecular flexibility index (Phi) is 6.45. The molecular weight excluding hydrogens is 505 g/mol. The van der Waals surface area contributed by atoms with Gasteiger partial charge < -0.3 is 14.3 Å². The van der Waals surface area contributed by atoms with Gasteiger partial charge in [0.2, 0.25) is 0 Å². The highest BCUT2D eigenvalue weighted by Crippen LogP contribution is 2.37. The standard InChI is InChI=1S/C29H26FN3O4S/c1-4-5-11-33-25-14-22(19-7-6-8-20(13-19)38(30,35)36)26(37-17(2)3)15-23(25)28(34)27-21-10-9-18(16-31)12-24(21)32-29(27)33/h6-10,12-15,17,32H,4-5,11H2,1-3H3. The van der Waals surface area contributed by atoms with Crippen molar-refractivity contribution in [3.63, 3.8) is 0 Å². The number of unbranched alkanes of at least 4 members (excludes halogenated alkanes) is 1. The van der Waals surface area contributed by atoms with Crippen molar-refractivity contribution in [1.29, 1.82) is 5.26 Å². The van der Waals surface area contributed by atoms with Crippen LogP contribution < -0.4 is 10.2 Å². The molecule has 194 valence electrons. The predicted molar refractivity (Wildman–Crippen MR) is 147 cm³/mol. The van der Waals surface area contributed by atoms with Gasteiger partial charge in [0.1, 0.15) is 11.4 Å². The van der Waals surface area contributed by atoms with Crippen molar-refractivity contribution in [2.24, 2.45) is 0 Å². The number of aromatic nitrogens is 2. The van der Waals surface area contributed by atoms with Crippen LogP contribution >= 0.6 is 0 Å². The van der Waals surface area contributed by atoms with E-state index in [-0.39, 0.29) is 11.5 Å². The van der Waals surface area contributed by atoms with Crippen LogP contribution in [-0.4, -0.2) is 24.1 Å². The molecule has 0 radical (unpaired) electrons. The molecule has 0 aliphatic rings. The zero-order valence-electron chi connectivity index (χ0n) is 21.2. The fraction of sp³-hybridized carbons (Fsp3) is 0.241. The van der Waals surface area contributed by atoms with E-state index >= 15 is 0 Å². The van der Waals surface area contributed by atoms with Gasteiger partial charge in [0, 0.05) is 23.0 Å². The molecule has 0 aliphatic heterocycles. The summed E-state index contributed by atoms with van der Waals surface area (Å²) in [6, 6.07) is 16.5. The van der Waals surface area contributed by atoms with Crippen LogP contribution in [0.4, 0.5) is 3.89 Å². The van der Waals surface area contributed by atoms with Gasteiger partial charge in [-0.1, -0.05) is 31.5 Å². The molecule has 0 saturated carbocycles. The third kappa shape index (κ3) is 4.41. The van der Waals surface area contributed by atoms with E-state index in [1.54, 1.807) is 36.4 Å². The van der Waals surface area contributed by atoms with E-state index in [1.165, 1.54) is 18.2 Å². The lowest BCUT2D eigenvalue weighted by Gasteiger charge is -2.19. The molecule has 0 spiro atoms. The highest BCUT2D eigenvalue weighted by molar-refractivity contribution is 7.86. The first-order valence-corrected chi connectivity index (χ1v) is 13.8. The summed E-state index contributed by atoms with van der Waals surface area (Å²) in [5, 5.41) is 11.1. The number of nitrogens with zero attached hydrogens (tertiary/aromatic N) is 2. The quantitative estimate of drug-likeness (QED) is 0.244. The summed E-state index contributed by atoms with van der Waals surface area (Å²) in [6.07, 6.45) is 1.54. The molecule has 1 N–H and O–H groups in total. The first-order valence-electron chi connectivity index (χ1n) is 12.4. The summed E-state index contributed by atoms with van der Waals surface area (Å²) >= 11 is 0. The summed E-state index contributed by atoms with van der Waals surface area (Å²) in [4.78, 5) is 16.8. The smallest absolute Gasteiger partial charge is 0.332 e. The number of nitriles is 1. The second-order valence-electron chi connectivity index (χ2n) is 9.55. The molecule has 2 aromatic heterocycles. The van der Waals surface area contributed by atoms with E-state index < -0.39 is 15.1 Å². The maximum Gasteiger partial charge on any atom is 0.332 e. The number of halogens is 1.